The van der Waals surface area contributed by atoms with E-state index in [-0.39, 0.29) is 24.5 Å². The Morgan fingerprint density at radius 1 is 0.968 bits per heavy atom. The zero-order valence-corrected chi connectivity index (χ0v) is 19.4. The predicted octanol–water partition coefficient (Wildman–Crippen LogP) is 4.56. The number of ether oxygens (including phenoxy) is 1. The van der Waals surface area contributed by atoms with E-state index in [2.05, 4.69) is 19.2 Å². The number of carbonyl (C=O) groups is 2. The molecule has 5 nitrogen and oxygen atoms in total. The van der Waals surface area contributed by atoms with Gasteiger partial charge in [-0.3, -0.25) is 9.59 Å². The molecule has 168 valence electrons. The summed E-state index contributed by atoms with van der Waals surface area (Å²) in [5.41, 5.74) is 2.35. The van der Waals surface area contributed by atoms with Crippen molar-refractivity contribution in [3.63, 3.8) is 0 Å². The average molecular weight is 425 g/mol. The number of nitrogens with zero attached hydrogens (tertiary/aromatic N) is 1. The van der Waals surface area contributed by atoms with Crippen LogP contribution in [0.1, 0.15) is 58.1 Å². The Kier molecular flexibility index (Phi) is 9.57. The Morgan fingerprint density at radius 2 is 1.61 bits per heavy atom. The molecule has 0 heterocycles. The molecule has 0 aromatic heterocycles. The van der Waals surface area contributed by atoms with Crippen LogP contribution < -0.4 is 10.1 Å². The van der Waals surface area contributed by atoms with Crippen molar-refractivity contribution in [3.05, 3.63) is 65.7 Å². The molecular weight excluding hydrogens is 388 g/mol. The van der Waals surface area contributed by atoms with Crippen molar-refractivity contribution >= 4 is 11.8 Å². The third-order valence-corrected chi connectivity index (χ3v) is 5.56. The van der Waals surface area contributed by atoms with Crippen molar-refractivity contribution in [1.82, 2.24) is 10.2 Å². The van der Waals surface area contributed by atoms with Crippen molar-refractivity contribution in [1.29, 1.82) is 0 Å². The molecule has 1 N–H and O–H groups in total. The van der Waals surface area contributed by atoms with Crippen LogP contribution in [0.25, 0.3) is 0 Å². The maximum atomic E-state index is 13.0. The van der Waals surface area contributed by atoms with Gasteiger partial charge in [-0.25, -0.2) is 0 Å². The Hall–Kier alpha value is -2.82. The lowest BCUT2D eigenvalue weighted by Crippen LogP contribution is -2.51. The summed E-state index contributed by atoms with van der Waals surface area (Å²) < 4.78 is 5.74. The fourth-order valence-corrected chi connectivity index (χ4v) is 3.21. The molecule has 0 fully saturated rings. The number of benzene rings is 2. The largest absolute Gasteiger partial charge is 0.484 e. The number of rotatable bonds is 11. The minimum atomic E-state index is -0.572. The van der Waals surface area contributed by atoms with Gasteiger partial charge in [-0.15, -0.1) is 0 Å². The normalized spacial score (nSPS) is 12.8. The van der Waals surface area contributed by atoms with Gasteiger partial charge in [-0.05, 0) is 55.9 Å². The lowest BCUT2D eigenvalue weighted by atomic mass is 10.0. The van der Waals surface area contributed by atoms with Gasteiger partial charge < -0.3 is 15.0 Å². The second kappa shape index (κ2) is 12.1. The average Bonchev–Trinajstić information content (AvgIpc) is 2.78. The van der Waals surface area contributed by atoms with Crippen LogP contribution in [0.3, 0.4) is 0 Å². The molecule has 0 bridgehead atoms. The minimum absolute atomic E-state index is 0.0664. The standard InChI is InChI=1S/C26H36N2O3/c1-6-20(4)27-26(30)21(5)28(17-16-22-10-8-7-9-11-22)25(29)18-31-24-14-12-23(13-15-24)19(2)3/h7-15,19-21H,6,16-18H2,1-5H3,(H,27,30)/t20-,21+/m0/s1. The monoisotopic (exact) mass is 424 g/mol. The first-order chi connectivity index (χ1) is 14.8. The van der Waals surface area contributed by atoms with Crippen molar-refractivity contribution < 1.29 is 14.3 Å². The summed E-state index contributed by atoms with van der Waals surface area (Å²) in [6.45, 7) is 10.4. The molecule has 0 saturated carbocycles. The van der Waals surface area contributed by atoms with Crippen LogP contribution in [0.2, 0.25) is 0 Å². The maximum Gasteiger partial charge on any atom is 0.261 e. The van der Waals surface area contributed by atoms with Crippen LogP contribution in [0, 0.1) is 0 Å². The van der Waals surface area contributed by atoms with Crippen molar-refractivity contribution in [3.8, 4) is 5.75 Å². The van der Waals surface area contributed by atoms with E-state index < -0.39 is 6.04 Å². The van der Waals surface area contributed by atoms with Gasteiger partial charge in [0.15, 0.2) is 6.61 Å². The van der Waals surface area contributed by atoms with Crippen LogP contribution in [0.15, 0.2) is 54.6 Å². The SMILES string of the molecule is CC[C@H](C)NC(=O)[C@@H](C)N(CCc1ccccc1)C(=O)COc1ccc(C(C)C)cc1. The predicted molar refractivity (Wildman–Crippen MR) is 125 cm³/mol. The first-order valence-electron chi connectivity index (χ1n) is 11.2. The van der Waals surface area contributed by atoms with Crippen LogP contribution in [0.4, 0.5) is 0 Å². The highest BCUT2D eigenvalue weighted by Crippen LogP contribution is 2.18. The van der Waals surface area contributed by atoms with E-state index in [1.165, 1.54) is 5.56 Å². The van der Waals surface area contributed by atoms with Crippen molar-refractivity contribution in [2.75, 3.05) is 13.2 Å². The number of amides is 2. The molecule has 31 heavy (non-hydrogen) atoms. The van der Waals surface area contributed by atoms with E-state index in [0.717, 1.165) is 12.0 Å². The van der Waals surface area contributed by atoms with Crippen LogP contribution in [-0.2, 0) is 16.0 Å². The van der Waals surface area contributed by atoms with Gasteiger partial charge in [0.05, 0.1) is 0 Å². The molecule has 2 rings (SSSR count). The molecule has 0 aliphatic carbocycles. The fraction of sp³-hybridized carbons (Fsp3) is 0.462. The van der Waals surface area contributed by atoms with Crippen molar-refractivity contribution in [2.24, 2.45) is 0 Å². The van der Waals surface area contributed by atoms with E-state index >= 15 is 0 Å². The van der Waals surface area contributed by atoms with Crippen LogP contribution in [0.5, 0.6) is 5.75 Å². The summed E-state index contributed by atoms with van der Waals surface area (Å²) >= 11 is 0. The van der Waals surface area contributed by atoms with Gasteiger partial charge >= 0.3 is 0 Å². The van der Waals surface area contributed by atoms with E-state index in [1.807, 2.05) is 68.4 Å². The number of hydrogen-bond acceptors (Lipinski definition) is 3. The van der Waals surface area contributed by atoms with Crippen LogP contribution >= 0.6 is 0 Å². The number of nitrogens with one attached hydrogen (secondary N) is 1. The zero-order chi connectivity index (χ0) is 22.8. The molecule has 5 heteroatoms. The Bertz CT molecular complexity index is 818. The summed E-state index contributed by atoms with van der Waals surface area (Å²) in [5.74, 6) is 0.749. The number of hydrogen-bond donors (Lipinski definition) is 1. The molecule has 2 aromatic carbocycles. The second-order valence-corrected chi connectivity index (χ2v) is 8.33. The first kappa shape index (κ1) is 24.4. The minimum Gasteiger partial charge on any atom is -0.484 e. The quantitative estimate of drug-likeness (QED) is 0.575. The fourth-order valence-electron chi connectivity index (χ4n) is 3.21. The smallest absolute Gasteiger partial charge is 0.261 e. The Labute approximate surface area is 186 Å². The first-order valence-corrected chi connectivity index (χ1v) is 11.2. The highest BCUT2D eigenvalue weighted by atomic mass is 16.5. The topological polar surface area (TPSA) is 58.6 Å². The van der Waals surface area contributed by atoms with Gasteiger partial charge in [0.1, 0.15) is 11.8 Å². The molecule has 2 aromatic rings. The second-order valence-electron chi connectivity index (χ2n) is 8.33. The number of carbonyl (C=O) groups excluding carboxylic acids is 2. The third kappa shape index (κ3) is 7.74. The molecule has 0 saturated heterocycles. The molecule has 0 aliphatic rings. The van der Waals surface area contributed by atoms with E-state index in [4.69, 9.17) is 4.74 Å². The van der Waals surface area contributed by atoms with E-state index in [9.17, 15) is 9.59 Å². The molecule has 2 atom stereocenters. The van der Waals surface area contributed by atoms with E-state index in [1.54, 1.807) is 11.8 Å². The van der Waals surface area contributed by atoms with Crippen molar-refractivity contribution in [2.45, 2.75) is 65.5 Å². The molecule has 2 amide bonds. The van der Waals surface area contributed by atoms with Gasteiger partial charge in [0.2, 0.25) is 5.91 Å². The highest BCUT2D eigenvalue weighted by Gasteiger charge is 2.26. The van der Waals surface area contributed by atoms with Gasteiger partial charge in [0, 0.05) is 12.6 Å². The van der Waals surface area contributed by atoms with Crippen LogP contribution in [-0.4, -0.2) is 41.9 Å². The zero-order valence-electron chi connectivity index (χ0n) is 19.4. The summed E-state index contributed by atoms with van der Waals surface area (Å²) in [7, 11) is 0. The lowest BCUT2D eigenvalue weighted by Gasteiger charge is -2.29. The maximum absolute atomic E-state index is 13.0. The Balaban J connectivity index is 2.05. The summed E-state index contributed by atoms with van der Waals surface area (Å²) in [6, 6.07) is 17.3. The molecule has 0 aliphatic heterocycles. The molecule has 0 unspecified atom stereocenters. The van der Waals surface area contributed by atoms with E-state index in [0.29, 0.717) is 24.6 Å². The van der Waals surface area contributed by atoms with Gasteiger partial charge in [-0.1, -0.05) is 63.2 Å². The third-order valence-electron chi connectivity index (χ3n) is 5.56. The summed E-state index contributed by atoms with van der Waals surface area (Å²) in [4.78, 5) is 27.4. The van der Waals surface area contributed by atoms with Gasteiger partial charge in [-0.2, -0.15) is 0 Å². The molecular formula is C26H36N2O3. The van der Waals surface area contributed by atoms with Gasteiger partial charge in [0.25, 0.3) is 5.91 Å². The lowest BCUT2D eigenvalue weighted by molar-refractivity contribution is -0.141. The molecule has 0 spiro atoms. The highest BCUT2D eigenvalue weighted by molar-refractivity contribution is 5.88. The Morgan fingerprint density at radius 3 is 2.19 bits per heavy atom. The summed E-state index contributed by atoms with van der Waals surface area (Å²) in [6.07, 6.45) is 1.52. The summed E-state index contributed by atoms with van der Waals surface area (Å²) in [5, 5.41) is 2.98. The molecule has 0 radical (unpaired) electrons.